The van der Waals surface area contributed by atoms with Crippen molar-refractivity contribution in [2.45, 2.75) is 19.1 Å². The van der Waals surface area contributed by atoms with Crippen LogP contribution in [0.3, 0.4) is 0 Å². The average Bonchev–Trinajstić information content (AvgIpc) is 3.12. The predicted octanol–water partition coefficient (Wildman–Crippen LogP) is 2.69. The van der Waals surface area contributed by atoms with E-state index in [1.165, 1.54) is 0 Å². The van der Waals surface area contributed by atoms with Crippen LogP contribution in [0.2, 0.25) is 5.02 Å². The maximum Gasteiger partial charge on any atom is 0.257 e. The summed E-state index contributed by atoms with van der Waals surface area (Å²) in [7, 11) is 0. The van der Waals surface area contributed by atoms with E-state index in [4.69, 9.17) is 11.6 Å². The van der Waals surface area contributed by atoms with E-state index in [-0.39, 0.29) is 24.8 Å². The fourth-order valence-corrected chi connectivity index (χ4v) is 3.36. The van der Waals surface area contributed by atoms with Gasteiger partial charge in [0, 0.05) is 5.02 Å². The quantitative estimate of drug-likeness (QED) is 0.733. The standard InChI is InChI=1S/C18H14ClN3O3/c19-11-5-7-12(8-6-11)21-17(24)9-15(18(21)25)22-14-4-2-1-3-13(14)20-16(22)10-23/h1-8,15,23H,9-10H2/t15-/m0/s1. The maximum absolute atomic E-state index is 13.0. The van der Waals surface area contributed by atoms with Gasteiger partial charge in [0.25, 0.3) is 5.91 Å². The molecule has 25 heavy (non-hydrogen) atoms. The molecule has 1 aliphatic rings. The van der Waals surface area contributed by atoms with E-state index in [2.05, 4.69) is 4.98 Å². The van der Waals surface area contributed by atoms with Gasteiger partial charge in [-0.15, -0.1) is 0 Å². The van der Waals surface area contributed by atoms with Crippen LogP contribution in [0.1, 0.15) is 18.3 Å². The van der Waals surface area contributed by atoms with E-state index in [0.29, 0.717) is 22.1 Å². The Kier molecular flexibility index (Phi) is 3.78. The lowest BCUT2D eigenvalue weighted by Crippen LogP contribution is -2.31. The van der Waals surface area contributed by atoms with Crippen molar-refractivity contribution in [3.8, 4) is 0 Å². The van der Waals surface area contributed by atoms with Crippen molar-refractivity contribution >= 4 is 40.1 Å². The minimum atomic E-state index is -0.724. The fourth-order valence-electron chi connectivity index (χ4n) is 3.23. The molecule has 0 bridgehead atoms. The number of aliphatic hydroxyl groups excluding tert-OH is 1. The number of anilines is 1. The van der Waals surface area contributed by atoms with E-state index in [1.54, 1.807) is 28.8 Å². The van der Waals surface area contributed by atoms with Gasteiger partial charge in [-0.05, 0) is 36.4 Å². The summed E-state index contributed by atoms with van der Waals surface area (Å²) in [4.78, 5) is 31.0. The Balaban J connectivity index is 1.79. The van der Waals surface area contributed by atoms with Crippen LogP contribution in [0.5, 0.6) is 0 Å². The normalized spacial score (nSPS) is 17.7. The molecule has 3 aromatic rings. The first kappa shape index (κ1) is 15.8. The van der Waals surface area contributed by atoms with E-state index in [0.717, 1.165) is 10.4 Å². The van der Waals surface area contributed by atoms with Crippen LogP contribution < -0.4 is 4.90 Å². The Morgan fingerprint density at radius 2 is 1.84 bits per heavy atom. The first-order valence-corrected chi connectivity index (χ1v) is 8.17. The van der Waals surface area contributed by atoms with Gasteiger partial charge in [-0.25, -0.2) is 9.88 Å². The molecule has 1 atom stereocenters. The number of nitrogens with zero attached hydrogens (tertiary/aromatic N) is 3. The number of para-hydroxylation sites is 2. The molecule has 7 heteroatoms. The summed E-state index contributed by atoms with van der Waals surface area (Å²) in [5.41, 5.74) is 1.88. The zero-order chi connectivity index (χ0) is 17.6. The molecule has 4 rings (SSSR count). The van der Waals surface area contributed by atoms with Crippen molar-refractivity contribution < 1.29 is 14.7 Å². The molecule has 126 valence electrons. The number of halogens is 1. The second kappa shape index (κ2) is 5.98. The van der Waals surface area contributed by atoms with Crippen LogP contribution in [0.15, 0.2) is 48.5 Å². The Hall–Kier alpha value is -2.70. The molecule has 0 saturated carbocycles. The van der Waals surface area contributed by atoms with Crippen molar-refractivity contribution in [1.82, 2.24) is 9.55 Å². The molecule has 2 aromatic carbocycles. The number of fused-ring (bicyclic) bond motifs is 1. The first-order chi connectivity index (χ1) is 12.1. The lowest BCUT2D eigenvalue weighted by atomic mass is 10.2. The summed E-state index contributed by atoms with van der Waals surface area (Å²) in [6, 6.07) is 13.1. The molecule has 1 aromatic heterocycles. The number of imide groups is 1. The summed E-state index contributed by atoms with van der Waals surface area (Å²) < 4.78 is 1.66. The summed E-state index contributed by atoms with van der Waals surface area (Å²) in [5.74, 6) is -0.269. The van der Waals surface area contributed by atoms with E-state index >= 15 is 0 Å². The van der Waals surface area contributed by atoms with Gasteiger partial charge in [0.05, 0.1) is 23.1 Å². The Morgan fingerprint density at radius 1 is 1.12 bits per heavy atom. The first-order valence-electron chi connectivity index (χ1n) is 7.79. The Morgan fingerprint density at radius 3 is 2.56 bits per heavy atom. The van der Waals surface area contributed by atoms with Crippen LogP contribution in [-0.2, 0) is 16.2 Å². The number of aromatic nitrogens is 2. The average molecular weight is 356 g/mol. The Labute approximate surface area is 148 Å². The van der Waals surface area contributed by atoms with Crippen molar-refractivity contribution in [3.63, 3.8) is 0 Å². The molecular weight excluding hydrogens is 342 g/mol. The predicted molar refractivity (Wildman–Crippen MR) is 93.3 cm³/mol. The highest BCUT2D eigenvalue weighted by Gasteiger charge is 2.42. The van der Waals surface area contributed by atoms with Crippen LogP contribution in [0, 0.1) is 0 Å². The topological polar surface area (TPSA) is 75.4 Å². The third-order valence-electron chi connectivity index (χ3n) is 4.33. The van der Waals surface area contributed by atoms with E-state index < -0.39 is 6.04 Å². The van der Waals surface area contributed by atoms with Crippen LogP contribution in [0.25, 0.3) is 11.0 Å². The number of carbonyl (C=O) groups is 2. The molecule has 1 fully saturated rings. The van der Waals surface area contributed by atoms with Gasteiger partial charge in [0.1, 0.15) is 18.5 Å². The zero-order valence-electron chi connectivity index (χ0n) is 13.1. The van der Waals surface area contributed by atoms with Crippen molar-refractivity contribution in [2.24, 2.45) is 0 Å². The fraction of sp³-hybridized carbons (Fsp3) is 0.167. The van der Waals surface area contributed by atoms with Gasteiger partial charge in [-0.3, -0.25) is 9.59 Å². The van der Waals surface area contributed by atoms with Crippen molar-refractivity contribution in [1.29, 1.82) is 0 Å². The summed E-state index contributed by atoms with van der Waals surface area (Å²) in [6.45, 7) is -0.312. The summed E-state index contributed by atoms with van der Waals surface area (Å²) in [5, 5.41) is 10.2. The van der Waals surface area contributed by atoms with Crippen LogP contribution in [0.4, 0.5) is 5.69 Å². The molecule has 0 unspecified atom stereocenters. The van der Waals surface area contributed by atoms with Gasteiger partial charge in [-0.1, -0.05) is 23.7 Å². The number of imidazole rings is 1. The van der Waals surface area contributed by atoms with E-state index in [9.17, 15) is 14.7 Å². The van der Waals surface area contributed by atoms with Crippen LogP contribution in [-0.4, -0.2) is 26.5 Å². The molecule has 0 spiro atoms. The summed E-state index contributed by atoms with van der Waals surface area (Å²) in [6.07, 6.45) is 0.0226. The second-order valence-electron chi connectivity index (χ2n) is 5.81. The van der Waals surface area contributed by atoms with Crippen molar-refractivity contribution in [2.75, 3.05) is 4.90 Å². The number of hydrogen-bond donors (Lipinski definition) is 1. The SMILES string of the molecule is O=C1C[C@H](n2c(CO)nc3ccccc32)C(=O)N1c1ccc(Cl)cc1. The largest absolute Gasteiger partial charge is 0.388 e. The highest BCUT2D eigenvalue weighted by molar-refractivity contribution is 6.30. The monoisotopic (exact) mass is 355 g/mol. The van der Waals surface area contributed by atoms with Gasteiger partial charge in [0.2, 0.25) is 5.91 Å². The van der Waals surface area contributed by atoms with Gasteiger partial charge < -0.3 is 9.67 Å². The zero-order valence-corrected chi connectivity index (χ0v) is 13.8. The maximum atomic E-state index is 13.0. The van der Waals surface area contributed by atoms with Gasteiger partial charge in [-0.2, -0.15) is 0 Å². The second-order valence-corrected chi connectivity index (χ2v) is 6.25. The number of amides is 2. The smallest absolute Gasteiger partial charge is 0.257 e. The number of rotatable bonds is 3. The number of hydrogen-bond acceptors (Lipinski definition) is 4. The lowest BCUT2D eigenvalue weighted by molar-refractivity contribution is -0.122. The minimum absolute atomic E-state index is 0.0226. The molecule has 1 N–H and O–H groups in total. The minimum Gasteiger partial charge on any atom is -0.388 e. The lowest BCUT2D eigenvalue weighted by Gasteiger charge is -2.17. The van der Waals surface area contributed by atoms with Gasteiger partial charge in [0.15, 0.2) is 0 Å². The molecule has 6 nitrogen and oxygen atoms in total. The Bertz CT molecular complexity index is 981. The number of benzene rings is 2. The molecule has 2 amide bonds. The number of carbonyl (C=O) groups excluding carboxylic acids is 2. The molecular formula is C18H14ClN3O3. The van der Waals surface area contributed by atoms with E-state index in [1.807, 2.05) is 24.3 Å². The third-order valence-corrected chi connectivity index (χ3v) is 4.58. The molecule has 1 saturated heterocycles. The van der Waals surface area contributed by atoms with Crippen LogP contribution >= 0.6 is 11.6 Å². The summed E-state index contributed by atoms with van der Waals surface area (Å²) >= 11 is 5.88. The van der Waals surface area contributed by atoms with Crippen molar-refractivity contribution in [3.05, 3.63) is 59.4 Å². The van der Waals surface area contributed by atoms with Gasteiger partial charge >= 0.3 is 0 Å². The highest BCUT2D eigenvalue weighted by atomic mass is 35.5. The third kappa shape index (κ3) is 2.50. The number of aliphatic hydroxyl groups is 1. The molecule has 1 aliphatic heterocycles. The molecule has 0 radical (unpaired) electrons. The molecule has 0 aliphatic carbocycles. The molecule has 2 heterocycles. The highest BCUT2D eigenvalue weighted by Crippen LogP contribution is 2.33.